The minimum atomic E-state index is 1.11. The van der Waals surface area contributed by atoms with Crippen LogP contribution < -0.4 is 0 Å². The maximum absolute atomic E-state index is 2.20. The molecule has 0 saturated heterocycles. The highest BCUT2D eigenvalue weighted by atomic mass is 14.0. The molecule has 0 atom stereocenters. The molecule has 0 fully saturated rings. The third-order valence-electron chi connectivity index (χ3n) is 3.72. The molecule has 0 spiro atoms. The summed E-state index contributed by atoms with van der Waals surface area (Å²) in [5.74, 6) is 0. The van der Waals surface area contributed by atoms with E-state index < -0.39 is 0 Å². The van der Waals surface area contributed by atoms with Gasteiger partial charge in [0.15, 0.2) is 0 Å². The average molecular weight is 349 g/mol. The van der Waals surface area contributed by atoms with Gasteiger partial charge in [0, 0.05) is 0 Å². The maximum Gasteiger partial charge on any atom is -0.0184 e. The minimum Gasteiger partial charge on any atom is -0.0683 e. The molecule has 0 bridgehead atoms. The quantitative estimate of drug-likeness (QED) is 0.447. The predicted octanol–water partition coefficient (Wildman–Crippen LogP) is 8.22. The summed E-state index contributed by atoms with van der Waals surface area (Å²) in [5, 5.41) is 0. The molecule has 140 valence electrons. The first-order chi connectivity index (χ1) is 12.8. The van der Waals surface area contributed by atoms with E-state index >= 15 is 0 Å². The number of benzene rings is 3. The van der Waals surface area contributed by atoms with Crippen molar-refractivity contribution >= 4 is 0 Å². The Bertz CT molecular complexity index is 637. The van der Waals surface area contributed by atoms with Crippen LogP contribution in [0, 0.1) is 0 Å². The summed E-state index contributed by atoms with van der Waals surface area (Å²) in [6.45, 7) is 12.3. The minimum absolute atomic E-state index is 1.11. The van der Waals surface area contributed by atoms with Gasteiger partial charge in [-0.15, -0.1) is 0 Å². The smallest absolute Gasteiger partial charge is 0.0184 e. The zero-order valence-electron chi connectivity index (χ0n) is 17.5. The highest BCUT2D eigenvalue weighted by Gasteiger charge is 1.95. The fourth-order valence-electron chi connectivity index (χ4n) is 2.28. The first kappa shape index (κ1) is 23.7. The molecule has 0 unspecified atom stereocenters. The SMILES string of the molecule is CC.CC.CCc1ccc(-c2ccccc2)cc1.CCc1ccccc1. The fourth-order valence-corrected chi connectivity index (χ4v) is 2.28. The van der Waals surface area contributed by atoms with Gasteiger partial charge in [-0.3, -0.25) is 0 Å². The van der Waals surface area contributed by atoms with Crippen LogP contribution in [0.15, 0.2) is 84.9 Å². The lowest BCUT2D eigenvalue weighted by molar-refractivity contribution is 1.14. The van der Waals surface area contributed by atoms with E-state index in [-0.39, 0.29) is 0 Å². The average Bonchev–Trinajstić information content (AvgIpc) is 2.78. The van der Waals surface area contributed by atoms with Crippen LogP contribution in [0.4, 0.5) is 0 Å². The first-order valence-corrected chi connectivity index (χ1v) is 10.0. The van der Waals surface area contributed by atoms with Gasteiger partial charge in [-0.2, -0.15) is 0 Å². The van der Waals surface area contributed by atoms with Gasteiger partial charge < -0.3 is 0 Å². The lowest BCUT2D eigenvalue weighted by Gasteiger charge is -2.02. The molecule has 26 heavy (non-hydrogen) atoms. The Hall–Kier alpha value is -2.34. The van der Waals surface area contributed by atoms with Crippen LogP contribution in [0.2, 0.25) is 0 Å². The summed E-state index contributed by atoms with van der Waals surface area (Å²) >= 11 is 0. The van der Waals surface area contributed by atoms with Crippen molar-refractivity contribution < 1.29 is 0 Å². The third-order valence-corrected chi connectivity index (χ3v) is 3.72. The highest BCUT2D eigenvalue weighted by molar-refractivity contribution is 5.63. The van der Waals surface area contributed by atoms with Crippen molar-refractivity contribution in [2.75, 3.05) is 0 Å². The molecule has 3 aromatic carbocycles. The molecule has 0 aliphatic heterocycles. The monoisotopic (exact) mass is 348 g/mol. The van der Waals surface area contributed by atoms with Crippen LogP contribution in [0.25, 0.3) is 11.1 Å². The molecular weight excluding hydrogens is 312 g/mol. The maximum atomic E-state index is 2.20. The van der Waals surface area contributed by atoms with Crippen LogP contribution in [0.5, 0.6) is 0 Å². The number of aryl methyl sites for hydroxylation is 2. The van der Waals surface area contributed by atoms with E-state index in [4.69, 9.17) is 0 Å². The van der Waals surface area contributed by atoms with E-state index in [2.05, 4.69) is 86.6 Å². The third kappa shape index (κ3) is 9.22. The molecule has 3 aromatic rings. The summed E-state index contributed by atoms with van der Waals surface area (Å²) in [7, 11) is 0. The number of hydrogen-bond donors (Lipinski definition) is 0. The Morgan fingerprint density at radius 3 is 1.15 bits per heavy atom. The molecule has 3 rings (SSSR count). The van der Waals surface area contributed by atoms with E-state index in [1.165, 1.54) is 22.3 Å². The predicted molar refractivity (Wildman–Crippen MR) is 120 cm³/mol. The van der Waals surface area contributed by atoms with Crippen LogP contribution in [0.3, 0.4) is 0 Å². The summed E-state index contributed by atoms with van der Waals surface area (Å²) in [6, 6.07) is 29.7. The Morgan fingerprint density at radius 1 is 0.423 bits per heavy atom. The Kier molecular flexibility index (Phi) is 14.7. The zero-order chi connectivity index (χ0) is 19.6. The molecule has 0 radical (unpaired) electrons. The van der Waals surface area contributed by atoms with E-state index in [1.54, 1.807) is 0 Å². The van der Waals surface area contributed by atoms with Gasteiger partial charge in [0.1, 0.15) is 0 Å². The number of rotatable bonds is 3. The van der Waals surface area contributed by atoms with Crippen molar-refractivity contribution in [3.63, 3.8) is 0 Å². The van der Waals surface area contributed by atoms with Gasteiger partial charge in [-0.25, -0.2) is 0 Å². The van der Waals surface area contributed by atoms with Crippen LogP contribution >= 0.6 is 0 Å². The summed E-state index contributed by atoms with van der Waals surface area (Å²) in [5.41, 5.74) is 5.38. The molecule has 0 saturated carbocycles. The summed E-state index contributed by atoms with van der Waals surface area (Å²) < 4.78 is 0. The lowest BCUT2D eigenvalue weighted by Crippen LogP contribution is -1.80. The molecule has 0 aliphatic rings. The van der Waals surface area contributed by atoms with Gasteiger partial charge >= 0.3 is 0 Å². The Morgan fingerprint density at radius 2 is 0.769 bits per heavy atom. The van der Waals surface area contributed by atoms with E-state index in [0.717, 1.165) is 12.8 Å². The standard InChI is InChI=1S/C14H14.C8H10.2C2H6/c1-2-12-8-10-14(11-9-12)13-6-4-3-5-7-13;1-2-8-6-4-3-5-7-8;2*1-2/h3-11H,2H2,1H3;3-7H,2H2,1H3;2*1-2H3. The molecule has 0 nitrogen and oxygen atoms in total. The molecule has 0 aromatic heterocycles. The Labute approximate surface area is 161 Å². The molecule has 0 amide bonds. The van der Waals surface area contributed by atoms with Gasteiger partial charge in [0.05, 0.1) is 0 Å². The van der Waals surface area contributed by atoms with Crippen LogP contribution in [-0.4, -0.2) is 0 Å². The van der Waals surface area contributed by atoms with E-state index in [1.807, 2.05) is 39.8 Å². The van der Waals surface area contributed by atoms with E-state index in [9.17, 15) is 0 Å². The van der Waals surface area contributed by atoms with Crippen LogP contribution in [-0.2, 0) is 12.8 Å². The van der Waals surface area contributed by atoms with E-state index in [0.29, 0.717) is 0 Å². The molecule has 0 N–H and O–H groups in total. The van der Waals surface area contributed by atoms with Crippen molar-refractivity contribution in [2.45, 2.75) is 54.4 Å². The molecule has 0 heterocycles. The largest absolute Gasteiger partial charge is 0.0683 e. The lowest BCUT2D eigenvalue weighted by atomic mass is 10.0. The molecule has 0 heteroatoms. The zero-order valence-corrected chi connectivity index (χ0v) is 17.5. The van der Waals surface area contributed by atoms with Crippen molar-refractivity contribution in [3.05, 3.63) is 96.1 Å². The van der Waals surface area contributed by atoms with Crippen LogP contribution in [0.1, 0.15) is 52.7 Å². The van der Waals surface area contributed by atoms with Gasteiger partial charge in [-0.05, 0) is 35.1 Å². The first-order valence-electron chi connectivity index (χ1n) is 10.0. The fraction of sp³-hybridized carbons (Fsp3) is 0.308. The summed E-state index contributed by atoms with van der Waals surface area (Å²) in [4.78, 5) is 0. The van der Waals surface area contributed by atoms with Crippen molar-refractivity contribution in [3.8, 4) is 11.1 Å². The topological polar surface area (TPSA) is 0 Å². The molecular formula is C26H36. The van der Waals surface area contributed by atoms with Gasteiger partial charge in [0.2, 0.25) is 0 Å². The summed E-state index contributed by atoms with van der Waals surface area (Å²) in [6.07, 6.45) is 2.25. The van der Waals surface area contributed by atoms with Crippen molar-refractivity contribution in [1.29, 1.82) is 0 Å². The second-order valence-corrected chi connectivity index (χ2v) is 5.26. The van der Waals surface area contributed by atoms with Gasteiger partial charge in [0.25, 0.3) is 0 Å². The highest BCUT2D eigenvalue weighted by Crippen LogP contribution is 2.19. The second kappa shape index (κ2) is 16.1. The number of hydrogen-bond acceptors (Lipinski definition) is 0. The molecule has 0 aliphatic carbocycles. The second-order valence-electron chi connectivity index (χ2n) is 5.26. The van der Waals surface area contributed by atoms with Gasteiger partial charge in [-0.1, -0.05) is 126 Å². The Balaban J connectivity index is 0.000000444. The normalized spacial score (nSPS) is 8.69. The van der Waals surface area contributed by atoms with Crippen molar-refractivity contribution in [2.24, 2.45) is 0 Å². The van der Waals surface area contributed by atoms with Crippen molar-refractivity contribution in [1.82, 2.24) is 0 Å².